The van der Waals surface area contributed by atoms with Crippen molar-refractivity contribution in [1.82, 2.24) is 9.97 Å². The van der Waals surface area contributed by atoms with Gasteiger partial charge in [-0.25, -0.2) is 4.98 Å². The van der Waals surface area contributed by atoms with Gasteiger partial charge in [0.05, 0.1) is 7.11 Å². The topological polar surface area (TPSA) is 37.9 Å². The maximum Gasteiger partial charge on any atom is 0.212 e. The average Bonchev–Trinajstić information content (AvgIpc) is 2.86. The van der Waals surface area contributed by atoms with Crippen LogP contribution in [0.4, 0.5) is 0 Å². The zero-order valence-corrected chi connectivity index (χ0v) is 9.47. The number of aromatic amines is 1. The van der Waals surface area contributed by atoms with Crippen molar-refractivity contribution in [1.29, 1.82) is 0 Å². The van der Waals surface area contributed by atoms with Crippen molar-refractivity contribution >= 4 is 10.9 Å². The first-order valence-electron chi connectivity index (χ1n) is 5.44. The summed E-state index contributed by atoms with van der Waals surface area (Å²) in [5, 5.41) is 1.21. The van der Waals surface area contributed by atoms with Gasteiger partial charge in [0.15, 0.2) is 0 Å². The zero-order chi connectivity index (χ0) is 11.7. The van der Waals surface area contributed by atoms with E-state index in [0.717, 1.165) is 16.6 Å². The Kier molecular flexibility index (Phi) is 2.29. The van der Waals surface area contributed by atoms with Gasteiger partial charge in [-0.1, -0.05) is 6.07 Å². The van der Waals surface area contributed by atoms with Crippen LogP contribution in [0.5, 0.6) is 5.88 Å². The third-order valence-corrected chi connectivity index (χ3v) is 2.83. The first-order valence-corrected chi connectivity index (χ1v) is 5.44. The minimum Gasteiger partial charge on any atom is -0.481 e. The van der Waals surface area contributed by atoms with Crippen LogP contribution in [0, 0.1) is 0 Å². The lowest BCUT2D eigenvalue weighted by atomic mass is 10.1. The molecule has 2 aromatic heterocycles. The van der Waals surface area contributed by atoms with Crippen molar-refractivity contribution in [3.05, 3.63) is 48.8 Å². The van der Waals surface area contributed by atoms with E-state index in [2.05, 4.69) is 34.2 Å². The molecule has 0 atom stereocenters. The van der Waals surface area contributed by atoms with Crippen LogP contribution in [-0.4, -0.2) is 17.1 Å². The summed E-state index contributed by atoms with van der Waals surface area (Å²) in [4.78, 5) is 7.39. The third-order valence-electron chi connectivity index (χ3n) is 2.83. The molecule has 1 N–H and O–H groups in total. The molecule has 0 unspecified atom stereocenters. The molecule has 3 rings (SSSR count). The van der Waals surface area contributed by atoms with Crippen molar-refractivity contribution in [3.8, 4) is 17.0 Å². The largest absolute Gasteiger partial charge is 0.481 e. The van der Waals surface area contributed by atoms with E-state index in [1.807, 2.05) is 24.5 Å². The van der Waals surface area contributed by atoms with E-state index in [1.165, 1.54) is 5.39 Å². The predicted molar refractivity (Wildman–Crippen MR) is 68.1 cm³/mol. The highest BCUT2D eigenvalue weighted by atomic mass is 16.5. The number of nitrogens with zero attached hydrogens (tertiary/aromatic N) is 1. The molecule has 1 aromatic carbocycles. The molecule has 0 saturated heterocycles. The zero-order valence-electron chi connectivity index (χ0n) is 9.47. The predicted octanol–water partition coefficient (Wildman–Crippen LogP) is 3.24. The van der Waals surface area contributed by atoms with Crippen LogP contribution in [0.25, 0.3) is 22.0 Å². The van der Waals surface area contributed by atoms with E-state index in [4.69, 9.17) is 4.74 Å². The number of hydrogen-bond donors (Lipinski definition) is 1. The highest BCUT2D eigenvalue weighted by Gasteiger charge is 2.01. The molecule has 3 aromatic rings. The van der Waals surface area contributed by atoms with E-state index < -0.39 is 0 Å². The Balaban J connectivity index is 2.06. The van der Waals surface area contributed by atoms with Gasteiger partial charge >= 0.3 is 0 Å². The van der Waals surface area contributed by atoms with E-state index in [-0.39, 0.29) is 0 Å². The molecule has 0 bridgehead atoms. The van der Waals surface area contributed by atoms with Crippen LogP contribution in [0.2, 0.25) is 0 Å². The number of ether oxygens (including phenoxy) is 1. The number of fused-ring (bicyclic) bond motifs is 1. The second-order valence-electron chi connectivity index (χ2n) is 3.87. The lowest BCUT2D eigenvalue weighted by molar-refractivity contribution is 0.398. The number of H-pyrrole nitrogens is 1. The quantitative estimate of drug-likeness (QED) is 0.725. The highest BCUT2D eigenvalue weighted by Crippen LogP contribution is 2.24. The fraction of sp³-hybridized carbons (Fsp3) is 0.0714. The molecule has 84 valence electrons. The first-order chi connectivity index (χ1) is 8.36. The van der Waals surface area contributed by atoms with Crippen molar-refractivity contribution in [2.45, 2.75) is 0 Å². The van der Waals surface area contributed by atoms with Crippen LogP contribution >= 0.6 is 0 Å². The third kappa shape index (κ3) is 1.76. The maximum absolute atomic E-state index is 5.05. The first kappa shape index (κ1) is 9.90. The SMILES string of the molecule is COc1ccc(-c2ccc3[nH]ccc3c2)cn1. The fourth-order valence-electron chi connectivity index (χ4n) is 1.90. The van der Waals surface area contributed by atoms with E-state index in [0.29, 0.717) is 5.88 Å². The number of pyridine rings is 1. The van der Waals surface area contributed by atoms with Gasteiger partial charge in [-0.15, -0.1) is 0 Å². The molecule has 0 aliphatic heterocycles. The monoisotopic (exact) mass is 224 g/mol. The van der Waals surface area contributed by atoms with E-state index in [1.54, 1.807) is 7.11 Å². The van der Waals surface area contributed by atoms with Gasteiger partial charge in [-0.3, -0.25) is 0 Å². The standard InChI is InChI=1S/C14H12N2O/c1-17-14-5-3-12(9-16-14)10-2-4-13-11(8-10)6-7-15-13/h2-9,15H,1H3. The van der Waals surface area contributed by atoms with Gasteiger partial charge in [0.2, 0.25) is 5.88 Å². The second kappa shape index (κ2) is 3.94. The van der Waals surface area contributed by atoms with Gasteiger partial charge < -0.3 is 9.72 Å². The normalized spacial score (nSPS) is 10.6. The number of methoxy groups -OCH3 is 1. The van der Waals surface area contributed by atoms with Crippen molar-refractivity contribution in [2.75, 3.05) is 7.11 Å². The molecule has 0 spiro atoms. The van der Waals surface area contributed by atoms with Crippen LogP contribution < -0.4 is 4.74 Å². The van der Waals surface area contributed by atoms with Gasteiger partial charge in [0, 0.05) is 29.5 Å². The molecule has 3 nitrogen and oxygen atoms in total. The van der Waals surface area contributed by atoms with Gasteiger partial charge in [-0.05, 0) is 35.2 Å². The molecule has 0 fully saturated rings. The molecule has 0 aliphatic carbocycles. The Morgan fingerprint density at radius 1 is 1.06 bits per heavy atom. The Morgan fingerprint density at radius 3 is 2.71 bits per heavy atom. The van der Waals surface area contributed by atoms with E-state index >= 15 is 0 Å². The lowest BCUT2D eigenvalue weighted by Gasteiger charge is -2.03. The summed E-state index contributed by atoms with van der Waals surface area (Å²) in [5.74, 6) is 0.636. The molecule has 0 aliphatic rings. The molecule has 0 amide bonds. The molecular weight excluding hydrogens is 212 g/mol. The van der Waals surface area contributed by atoms with Gasteiger partial charge in [0.25, 0.3) is 0 Å². The molecule has 3 heteroatoms. The number of rotatable bonds is 2. The van der Waals surface area contributed by atoms with Crippen LogP contribution in [0.3, 0.4) is 0 Å². The minimum absolute atomic E-state index is 0.636. The molecule has 0 radical (unpaired) electrons. The Bertz CT molecular complexity index is 641. The average molecular weight is 224 g/mol. The highest BCUT2D eigenvalue weighted by molar-refractivity contribution is 5.84. The van der Waals surface area contributed by atoms with Gasteiger partial charge in [0.1, 0.15) is 0 Å². The summed E-state index contributed by atoms with van der Waals surface area (Å²) in [7, 11) is 1.62. The number of hydrogen-bond acceptors (Lipinski definition) is 2. The van der Waals surface area contributed by atoms with Crippen LogP contribution in [-0.2, 0) is 0 Å². The summed E-state index contributed by atoms with van der Waals surface area (Å²) in [5.41, 5.74) is 3.40. The molecule has 2 heterocycles. The van der Waals surface area contributed by atoms with Crippen molar-refractivity contribution in [2.24, 2.45) is 0 Å². The lowest BCUT2D eigenvalue weighted by Crippen LogP contribution is -1.87. The smallest absolute Gasteiger partial charge is 0.212 e. The number of aromatic nitrogens is 2. The maximum atomic E-state index is 5.05. The summed E-state index contributed by atoms with van der Waals surface area (Å²) in [6, 6.07) is 12.3. The number of nitrogens with one attached hydrogen (secondary N) is 1. The molecule has 17 heavy (non-hydrogen) atoms. The van der Waals surface area contributed by atoms with Crippen molar-refractivity contribution < 1.29 is 4.74 Å². The molecular formula is C14H12N2O. The molecule has 0 saturated carbocycles. The Hall–Kier alpha value is -2.29. The minimum atomic E-state index is 0.636. The Morgan fingerprint density at radius 2 is 1.94 bits per heavy atom. The number of benzene rings is 1. The van der Waals surface area contributed by atoms with E-state index in [9.17, 15) is 0 Å². The summed E-state index contributed by atoms with van der Waals surface area (Å²) < 4.78 is 5.05. The van der Waals surface area contributed by atoms with Crippen LogP contribution in [0.1, 0.15) is 0 Å². The van der Waals surface area contributed by atoms with Gasteiger partial charge in [-0.2, -0.15) is 0 Å². The fourth-order valence-corrected chi connectivity index (χ4v) is 1.90. The van der Waals surface area contributed by atoms with Crippen LogP contribution in [0.15, 0.2) is 48.8 Å². The Labute approximate surface area is 99.1 Å². The van der Waals surface area contributed by atoms with Crippen molar-refractivity contribution in [3.63, 3.8) is 0 Å². The summed E-state index contributed by atoms with van der Waals surface area (Å²) in [6.07, 6.45) is 3.77. The summed E-state index contributed by atoms with van der Waals surface area (Å²) >= 11 is 0. The second-order valence-corrected chi connectivity index (χ2v) is 3.87. The summed E-state index contributed by atoms with van der Waals surface area (Å²) in [6.45, 7) is 0.